The first-order valence-corrected chi connectivity index (χ1v) is 9.46. The predicted octanol–water partition coefficient (Wildman–Crippen LogP) is 4.43. The fraction of sp³-hybridized carbons (Fsp3) is 0.0526. The SMILES string of the molecule is O=S(=O)(CC#Cc1ccccc1)c1ccc(Br)c2ccccc12. The van der Waals surface area contributed by atoms with Gasteiger partial charge in [0.25, 0.3) is 0 Å². The first-order valence-electron chi connectivity index (χ1n) is 7.02. The molecule has 0 N–H and O–H groups in total. The third-order valence-corrected chi connectivity index (χ3v) is 5.68. The molecule has 23 heavy (non-hydrogen) atoms. The van der Waals surface area contributed by atoms with E-state index in [4.69, 9.17) is 0 Å². The van der Waals surface area contributed by atoms with Gasteiger partial charge in [0, 0.05) is 15.4 Å². The van der Waals surface area contributed by atoms with Crippen LogP contribution in [0.15, 0.2) is 76.1 Å². The van der Waals surface area contributed by atoms with E-state index in [1.54, 1.807) is 12.1 Å². The zero-order chi connectivity index (χ0) is 16.3. The zero-order valence-corrected chi connectivity index (χ0v) is 14.6. The average molecular weight is 385 g/mol. The van der Waals surface area contributed by atoms with Crippen molar-refractivity contribution in [3.63, 3.8) is 0 Å². The van der Waals surface area contributed by atoms with Crippen molar-refractivity contribution < 1.29 is 8.42 Å². The molecule has 114 valence electrons. The summed E-state index contributed by atoms with van der Waals surface area (Å²) in [5.41, 5.74) is 0.809. The molecule has 3 aromatic carbocycles. The maximum atomic E-state index is 12.6. The molecule has 0 bridgehead atoms. The van der Waals surface area contributed by atoms with Crippen LogP contribution in [-0.4, -0.2) is 14.2 Å². The molecule has 0 aliphatic carbocycles. The maximum Gasteiger partial charge on any atom is 0.190 e. The number of rotatable bonds is 2. The molecule has 0 atom stereocenters. The van der Waals surface area contributed by atoms with Crippen LogP contribution in [0.2, 0.25) is 0 Å². The molecular weight excluding hydrogens is 372 g/mol. The fourth-order valence-electron chi connectivity index (χ4n) is 2.34. The Balaban J connectivity index is 1.98. The monoisotopic (exact) mass is 384 g/mol. The molecule has 0 fully saturated rings. The van der Waals surface area contributed by atoms with E-state index < -0.39 is 9.84 Å². The van der Waals surface area contributed by atoms with Gasteiger partial charge in [0.05, 0.1) is 4.90 Å². The number of fused-ring (bicyclic) bond motifs is 1. The van der Waals surface area contributed by atoms with Crippen LogP contribution in [0.5, 0.6) is 0 Å². The van der Waals surface area contributed by atoms with Crippen LogP contribution in [0, 0.1) is 11.8 Å². The van der Waals surface area contributed by atoms with Crippen molar-refractivity contribution in [1.29, 1.82) is 0 Å². The highest BCUT2D eigenvalue weighted by Gasteiger charge is 2.17. The summed E-state index contributed by atoms with van der Waals surface area (Å²) >= 11 is 3.46. The maximum absolute atomic E-state index is 12.6. The van der Waals surface area contributed by atoms with Gasteiger partial charge in [0.2, 0.25) is 0 Å². The number of sulfone groups is 1. The molecule has 0 spiro atoms. The predicted molar refractivity (Wildman–Crippen MR) is 97.0 cm³/mol. The van der Waals surface area contributed by atoms with E-state index in [2.05, 4.69) is 27.8 Å². The number of hydrogen-bond acceptors (Lipinski definition) is 2. The molecule has 3 aromatic rings. The third-order valence-electron chi connectivity index (χ3n) is 3.43. The van der Waals surface area contributed by atoms with E-state index in [1.807, 2.05) is 54.6 Å². The summed E-state index contributed by atoms with van der Waals surface area (Å²) in [5, 5.41) is 1.59. The Labute approximate surface area is 144 Å². The Morgan fingerprint density at radius 1 is 0.826 bits per heavy atom. The summed E-state index contributed by atoms with van der Waals surface area (Å²) < 4.78 is 26.1. The van der Waals surface area contributed by atoms with Crippen molar-refractivity contribution in [2.45, 2.75) is 4.90 Å². The van der Waals surface area contributed by atoms with Crippen LogP contribution in [0.25, 0.3) is 10.8 Å². The molecule has 0 aliphatic rings. The van der Waals surface area contributed by atoms with Gasteiger partial charge >= 0.3 is 0 Å². The van der Waals surface area contributed by atoms with Gasteiger partial charge in [-0.15, -0.1) is 0 Å². The van der Waals surface area contributed by atoms with Gasteiger partial charge in [-0.3, -0.25) is 0 Å². The summed E-state index contributed by atoms with van der Waals surface area (Å²) in [7, 11) is -3.47. The topological polar surface area (TPSA) is 34.1 Å². The van der Waals surface area contributed by atoms with E-state index in [0.29, 0.717) is 10.3 Å². The molecule has 0 aromatic heterocycles. The highest BCUT2D eigenvalue weighted by atomic mass is 79.9. The molecule has 4 heteroatoms. The Bertz CT molecular complexity index is 1010. The minimum atomic E-state index is -3.47. The standard InChI is InChI=1S/C19H13BrO2S/c20-18-12-13-19(17-11-5-4-10-16(17)18)23(21,22)14-6-9-15-7-2-1-3-8-15/h1-5,7-8,10-13H,14H2. The summed E-state index contributed by atoms with van der Waals surface area (Å²) in [6.07, 6.45) is 0. The van der Waals surface area contributed by atoms with E-state index in [1.165, 1.54) is 0 Å². The average Bonchev–Trinajstić information content (AvgIpc) is 2.56. The highest BCUT2D eigenvalue weighted by Crippen LogP contribution is 2.29. The first-order chi connectivity index (χ1) is 11.1. The Hall–Kier alpha value is -2.09. The van der Waals surface area contributed by atoms with E-state index >= 15 is 0 Å². The molecule has 0 amide bonds. The van der Waals surface area contributed by atoms with Crippen molar-refractivity contribution in [1.82, 2.24) is 0 Å². The minimum Gasteiger partial charge on any atom is -0.223 e. The van der Waals surface area contributed by atoms with Crippen molar-refractivity contribution in [2.75, 3.05) is 5.75 Å². The van der Waals surface area contributed by atoms with Gasteiger partial charge in [-0.1, -0.05) is 70.2 Å². The molecule has 2 nitrogen and oxygen atoms in total. The molecule has 0 saturated carbocycles. The molecule has 0 heterocycles. The summed E-state index contributed by atoms with van der Waals surface area (Å²) in [4.78, 5) is 0.318. The smallest absolute Gasteiger partial charge is 0.190 e. The lowest BCUT2D eigenvalue weighted by Crippen LogP contribution is -2.06. The molecule has 0 aliphatic heterocycles. The quantitative estimate of drug-likeness (QED) is 0.612. The lowest BCUT2D eigenvalue weighted by Gasteiger charge is -2.07. The van der Waals surface area contributed by atoms with Gasteiger partial charge in [0.15, 0.2) is 9.84 Å². The molecule has 3 rings (SSSR count). The van der Waals surface area contributed by atoms with Gasteiger partial charge in [-0.25, -0.2) is 8.42 Å². The van der Waals surface area contributed by atoms with Gasteiger partial charge in [0.1, 0.15) is 5.75 Å². The van der Waals surface area contributed by atoms with E-state index in [9.17, 15) is 8.42 Å². The second kappa shape index (κ2) is 6.57. The van der Waals surface area contributed by atoms with E-state index in [-0.39, 0.29) is 5.75 Å². The van der Waals surface area contributed by atoms with Crippen LogP contribution >= 0.6 is 15.9 Å². The number of halogens is 1. The molecule has 0 unspecified atom stereocenters. The zero-order valence-electron chi connectivity index (χ0n) is 12.2. The normalized spacial score (nSPS) is 11.0. The Kier molecular flexibility index (Phi) is 4.51. The van der Waals surface area contributed by atoms with Crippen LogP contribution in [0.4, 0.5) is 0 Å². The van der Waals surface area contributed by atoms with Gasteiger partial charge in [-0.2, -0.15) is 0 Å². The summed E-state index contributed by atoms with van der Waals surface area (Å²) in [6.45, 7) is 0. The Morgan fingerprint density at radius 2 is 1.48 bits per heavy atom. The minimum absolute atomic E-state index is 0.201. The number of benzene rings is 3. The van der Waals surface area contributed by atoms with Crippen molar-refractivity contribution >= 4 is 36.5 Å². The molecular formula is C19H13BrO2S. The first kappa shape index (κ1) is 15.8. The lowest BCUT2D eigenvalue weighted by atomic mass is 10.1. The second-order valence-electron chi connectivity index (χ2n) is 5.02. The summed E-state index contributed by atoms with van der Waals surface area (Å²) in [5.74, 6) is 5.46. The lowest BCUT2D eigenvalue weighted by molar-refractivity contribution is 0.600. The molecule has 0 radical (unpaired) electrons. The second-order valence-corrected chi connectivity index (χ2v) is 7.83. The van der Waals surface area contributed by atoms with Crippen LogP contribution in [0.1, 0.15) is 5.56 Å². The Morgan fingerprint density at radius 3 is 2.22 bits per heavy atom. The fourth-order valence-corrected chi connectivity index (χ4v) is 4.02. The number of hydrogen-bond donors (Lipinski definition) is 0. The van der Waals surface area contributed by atoms with Crippen LogP contribution < -0.4 is 0 Å². The third kappa shape index (κ3) is 3.47. The van der Waals surface area contributed by atoms with Crippen molar-refractivity contribution in [3.8, 4) is 11.8 Å². The summed E-state index contributed by atoms with van der Waals surface area (Å²) in [6, 6.07) is 20.2. The van der Waals surface area contributed by atoms with Crippen molar-refractivity contribution in [2.24, 2.45) is 0 Å². The van der Waals surface area contributed by atoms with Crippen molar-refractivity contribution in [3.05, 3.63) is 76.8 Å². The van der Waals surface area contributed by atoms with Gasteiger partial charge < -0.3 is 0 Å². The largest absolute Gasteiger partial charge is 0.223 e. The van der Waals surface area contributed by atoms with Crippen LogP contribution in [0.3, 0.4) is 0 Å². The highest BCUT2D eigenvalue weighted by molar-refractivity contribution is 9.10. The van der Waals surface area contributed by atoms with Crippen LogP contribution in [-0.2, 0) is 9.84 Å². The van der Waals surface area contributed by atoms with Gasteiger partial charge in [-0.05, 0) is 29.7 Å². The molecule has 0 saturated heterocycles. The van der Waals surface area contributed by atoms with E-state index in [0.717, 1.165) is 15.4 Å².